The van der Waals surface area contributed by atoms with Crippen molar-refractivity contribution in [3.8, 4) is 33.8 Å². The molecule has 15 nitrogen and oxygen atoms in total. The highest BCUT2D eigenvalue weighted by Crippen LogP contribution is 2.39. The Morgan fingerprint density at radius 2 is 1.50 bits per heavy atom. The van der Waals surface area contributed by atoms with Gasteiger partial charge in [0.25, 0.3) is 5.91 Å². The Morgan fingerprint density at radius 1 is 0.867 bits per heavy atom. The van der Waals surface area contributed by atoms with Gasteiger partial charge < -0.3 is 47.2 Å². The van der Waals surface area contributed by atoms with Gasteiger partial charge in [0.15, 0.2) is 0 Å². The Hall–Kier alpha value is -6.74. The van der Waals surface area contributed by atoms with Crippen LogP contribution in [0.2, 0.25) is 0 Å². The lowest BCUT2D eigenvalue weighted by Gasteiger charge is -2.32. The highest BCUT2D eigenvalue weighted by Gasteiger charge is 2.36. The summed E-state index contributed by atoms with van der Waals surface area (Å²) in [7, 11) is 1.35. The number of amides is 5. The second kappa shape index (κ2) is 20.3. The second-order valence-corrected chi connectivity index (χ2v) is 14.9. The number of fused-ring (bicyclic) bond motifs is 5. The standard InChI is InChI=1S/C45H52N6O9/c1-4-6-27-8-11-29(12-9-27)30-13-15-31(16-14-30)42(56)47-22-20-39(54)49-35(7-5-21-46)44(58)51(3)40-32-17-19-38(53)34(25-32)33-23-28(10-18-37(33)52)24-36(45(59)60)50-41(55)26(2)48-43(40)57/h8-19,23,25-26,35-36,40,52-53H,4-7,20-22,24,46H2,1-3H3,(H,47,56)(H,48,57)(H,49,54)(H,50,55)(H,59,60)/t26-,35-,36-,40-/m0/s1. The van der Waals surface area contributed by atoms with E-state index in [0.29, 0.717) is 17.5 Å². The molecule has 1 aliphatic rings. The first-order chi connectivity index (χ1) is 28.7. The number of phenols is 2. The number of nitrogens with two attached hydrogens (primary N) is 1. The minimum Gasteiger partial charge on any atom is -0.507 e. The fraction of sp³-hybridized carbons (Fsp3) is 0.333. The zero-order valence-electron chi connectivity index (χ0n) is 33.9. The molecule has 0 radical (unpaired) electrons. The van der Waals surface area contributed by atoms with Crippen LogP contribution in [0.3, 0.4) is 0 Å². The monoisotopic (exact) mass is 820 g/mol. The van der Waals surface area contributed by atoms with Crippen LogP contribution < -0.4 is 27.0 Å². The highest BCUT2D eigenvalue weighted by molar-refractivity contribution is 5.97. The van der Waals surface area contributed by atoms with Crippen molar-refractivity contribution in [3.05, 3.63) is 107 Å². The van der Waals surface area contributed by atoms with Crippen LogP contribution in [0, 0.1) is 0 Å². The topological polar surface area (TPSA) is 240 Å². The summed E-state index contributed by atoms with van der Waals surface area (Å²) >= 11 is 0. The number of carboxylic acid groups (broad SMARTS) is 1. The number of hydrogen-bond donors (Lipinski definition) is 8. The lowest BCUT2D eigenvalue weighted by Crippen LogP contribution is -2.55. The predicted octanol–water partition coefficient (Wildman–Crippen LogP) is 3.56. The number of likely N-dealkylation sites (N-methyl/N-ethyl adjacent to an activating group) is 1. The Bertz CT molecular complexity index is 2210. The Kier molecular flexibility index (Phi) is 15.0. The summed E-state index contributed by atoms with van der Waals surface area (Å²) in [6.07, 6.45) is 2.18. The maximum Gasteiger partial charge on any atom is 0.326 e. The van der Waals surface area contributed by atoms with Crippen LogP contribution in [-0.2, 0) is 36.8 Å². The average molecular weight is 821 g/mol. The fourth-order valence-electron chi connectivity index (χ4n) is 7.08. The number of aromatic hydroxyl groups is 2. The van der Waals surface area contributed by atoms with Crippen molar-refractivity contribution in [2.45, 2.75) is 76.5 Å². The van der Waals surface area contributed by atoms with Crippen LogP contribution in [0.5, 0.6) is 11.5 Å². The van der Waals surface area contributed by atoms with E-state index >= 15 is 0 Å². The molecule has 4 aromatic rings. The molecule has 4 aromatic carbocycles. The zero-order chi connectivity index (χ0) is 43.5. The van der Waals surface area contributed by atoms with Crippen molar-refractivity contribution in [1.82, 2.24) is 26.2 Å². The molecule has 1 heterocycles. The molecular weight excluding hydrogens is 769 g/mol. The summed E-state index contributed by atoms with van der Waals surface area (Å²) in [6.45, 7) is 3.66. The summed E-state index contributed by atoms with van der Waals surface area (Å²) in [4.78, 5) is 80.9. The molecule has 316 valence electrons. The number of rotatable bonds is 14. The van der Waals surface area contributed by atoms with Crippen molar-refractivity contribution in [2.75, 3.05) is 20.1 Å². The van der Waals surface area contributed by atoms with E-state index in [2.05, 4.69) is 40.3 Å². The van der Waals surface area contributed by atoms with Gasteiger partial charge in [-0.3, -0.25) is 24.0 Å². The van der Waals surface area contributed by atoms with E-state index in [-0.39, 0.29) is 66.4 Å². The van der Waals surface area contributed by atoms with E-state index in [1.165, 1.54) is 55.9 Å². The molecule has 0 fully saturated rings. The number of carbonyl (C=O) groups excluding carboxylic acids is 5. The lowest BCUT2D eigenvalue weighted by atomic mass is 9.93. The first-order valence-corrected chi connectivity index (χ1v) is 19.9. The van der Waals surface area contributed by atoms with E-state index < -0.39 is 53.8 Å². The average Bonchev–Trinajstić information content (AvgIpc) is 3.23. The highest BCUT2D eigenvalue weighted by atomic mass is 16.4. The number of nitrogens with one attached hydrogen (secondary N) is 4. The number of aliphatic carboxylic acids is 1. The van der Waals surface area contributed by atoms with Crippen LogP contribution in [0.1, 0.15) is 72.6 Å². The number of carbonyl (C=O) groups is 6. The lowest BCUT2D eigenvalue weighted by molar-refractivity contribution is -0.143. The normalized spacial score (nSPS) is 17.0. The van der Waals surface area contributed by atoms with E-state index in [9.17, 15) is 44.1 Å². The van der Waals surface area contributed by atoms with Crippen molar-refractivity contribution in [3.63, 3.8) is 0 Å². The molecule has 4 bridgehead atoms. The molecule has 0 unspecified atom stereocenters. The van der Waals surface area contributed by atoms with Crippen LogP contribution in [0.4, 0.5) is 0 Å². The quantitative estimate of drug-likeness (QED) is 0.0920. The number of phenolic OH excluding ortho intramolecular Hbond substituents is 2. The number of benzene rings is 4. The van der Waals surface area contributed by atoms with Crippen molar-refractivity contribution < 1.29 is 44.1 Å². The van der Waals surface area contributed by atoms with Gasteiger partial charge in [-0.05, 0) is 96.9 Å². The maximum atomic E-state index is 14.3. The molecule has 60 heavy (non-hydrogen) atoms. The van der Waals surface area contributed by atoms with Gasteiger partial charge >= 0.3 is 5.97 Å². The third kappa shape index (κ3) is 11.0. The van der Waals surface area contributed by atoms with Gasteiger partial charge in [0.05, 0.1) is 0 Å². The van der Waals surface area contributed by atoms with Gasteiger partial charge in [-0.2, -0.15) is 0 Å². The fourth-order valence-corrected chi connectivity index (χ4v) is 7.08. The van der Waals surface area contributed by atoms with Crippen LogP contribution in [0.15, 0.2) is 84.9 Å². The van der Waals surface area contributed by atoms with Crippen LogP contribution >= 0.6 is 0 Å². The zero-order valence-corrected chi connectivity index (χ0v) is 33.9. The molecule has 0 spiro atoms. The molecule has 9 N–H and O–H groups in total. The Labute approximate surface area is 348 Å². The smallest absolute Gasteiger partial charge is 0.326 e. The van der Waals surface area contributed by atoms with Gasteiger partial charge in [-0.15, -0.1) is 0 Å². The van der Waals surface area contributed by atoms with Crippen LogP contribution in [-0.4, -0.2) is 94.0 Å². The molecule has 4 atom stereocenters. The van der Waals surface area contributed by atoms with E-state index in [0.717, 1.165) is 28.9 Å². The first kappa shape index (κ1) is 44.4. The minimum atomic E-state index is -1.45. The Morgan fingerprint density at radius 3 is 2.13 bits per heavy atom. The van der Waals surface area contributed by atoms with Gasteiger partial charge in [-0.1, -0.05) is 61.9 Å². The van der Waals surface area contributed by atoms with Gasteiger partial charge in [0, 0.05) is 43.1 Å². The summed E-state index contributed by atoms with van der Waals surface area (Å²) in [5.41, 5.74) is 10.3. The van der Waals surface area contributed by atoms with Crippen molar-refractivity contribution >= 4 is 35.5 Å². The molecular formula is C45H52N6O9. The number of hydrogen-bond acceptors (Lipinski definition) is 9. The number of aryl methyl sites for hydroxylation is 1. The molecule has 5 amide bonds. The molecule has 0 aromatic heterocycles. The van der Waals surface area contributed by atoms with E-state index in [4.69, 9.17) is 5.73 Å². The summed E-state index contributed by atoms with van der Waals surface area (Å²) in [5.74, 6) is -5.07. The van der Waals surface area contributed by atoms with E-state index in [1.54, 1.807) is 12.1 Å². The van der Waals surface area contributed by atoms with Gasteiger partial charge in [0.2, 0.25) is 23.6 Å². The molecule has 5 rings (SSSR count). The summed E-state index contributed by atoms with van der Waals surface area (Å²) < 4.78 is 0. The molecule has 0 aliphatic carbocycles. The third-order valence-electron chi connectivity index (χ3n) is 10.4. The largest absolute Gasteiger partial charge is 0.507 e. The first-order valence-electron chi connectivity index (χ1n) is 19.9. The molecule has 0 saturated carbocycles. The molecule has 0 saturated heterocycles. The Balaban J connectivity index is 1.32. The predicted molar refractivity (Wildman–Crippen MR) is 225 cm³/mol. The van der Waals surface area contributed by atoms with Crippen molar-refractivity contribution in [1.29, 1.82) is 0 Å². The SMILES string of the molecule is CCCc1ccc(-c2ccc(C(=O)NCCC(=O)N[C@@H](CCCN)C(=O)N(C)[C@@H]3C(=O)N[C@@H](C)C(=O)N[C@H](C(=O)O)Cc4ccc(O)c(c4)-c4cc3ccc4O)cc2)cc1. The molecule has 1 aliphatic heterocycles. The molecule has 15 heteroatoms. The number of nitrogens with zero attached hydrogens (tertiary/aromatic N) is 1. The summed E-state index contributed by atoms with van der Waals surface area (Å²) in [5, 5.41) is 42.1. The maximum absolute atomic E-state index is 14.3. The van der Waals surface area contributed by atoms with E-state index in [1.807, 2.05) is 24.3 Å². The van der Waals surface area contributed by atoms with Gasteiger partial charge in [-0.25, -0.2) is 4.79 Å². The van der Waals surface area contributed by atoms with Crippen molar-refractivity contribution in [2.24, 2.45) is 5.73 Å². The summed E-state index contributed by atoms with van der Waals surface area (Å²) in [6, 6.07) is 18.6. The third-order valence-corrected chi connectivity index (χ3v) is 10.4. The van der Waals surface area contributed by atoms with Crippen LogP contribution in [0.25, 0.3) is 22.3 Å². The second-order valence-electron chi connectivity index (χ2n) is 14.9. The number of carboxylic acids is 1. The minimum absolute atomic E-state index is 0.0308. The van der Waals surface area contributed by atoms with Gasteiger partial charge in [0.1, 0.15) is 35.7 Å².